The van der Waals surface area contributed by atoms with E-state index in [1.54, 1.807) is 18.2 Å². The minimum Gasteiger partial charge on any atom is -0.507 e. The Morgan fingerprint density at radius 1 is 1.50 bits per heavy atom. The summed E-state index contributed by atoms with van der Waals surface area (Å²) in [5.74, 6) is 0.917. The zero-order valence-electron chi connectivity index (χ0n) is 10.6. The van der Waals surface area contributed by atoms with Crippen LogP contribution in [-0.4, -0.2) is 30.6 Å². The van der Waals surface area contributed by atoms with E-state index in [1.165, 1.54) is 6.07 Å². The molecule has 4 nitrogen and oxygen atoms in total. The average Bonchev–Trinajstić information content (AvgIpc) is 2.38. The summed E-state index contributed by atoms with van der Waals surface area (Å²) >= 11 is 0. The molecule has 18 heavy (non-hydrogen) atoms. The fraction of sp³-hybridized carbons (Fsp3) is 0.500. The molecule has 0 aromatic heterocycles. The van der Waals surface area contributed by atoms with Crippen molar-refractivity contribution in [3.63, 3.8) is 0 Å². The molecular formula is C14H20N2O2. The highest BCUT2D eigenvalue weighted by molar-refractivity contribution is 5.96. The quantitative estimate of drug-likeness (QED) is 0.757. The number of nitrogens with one attached hydrogen (secondary N) is 2. The molecule has 1 saturated heterocycles. The third kappa shape index (κ3) is 3.01. The van der Waals surface area contributed by atoms with Gasteiger partial charge in [-0.25, -0.2) is 0 Å². The summed E-state index contributed by atoms with van der Waals surface area (Å²) in [6.07, 6.45) is 1.15. The number of benzene rings is 1. The van der Waals surface area contributed by atoms with Crippen molar-refractivity contribution in [2.45, 2.75) is 13.3 Å². The van der Waals surface area contributed by atoms with Gasteiger partial charge in [-0.2, -0.15) is 0 Å². The topological polar surface area (TPSA) is 61.4 Å². The van der Waals surface area contributed by atoms with Crippen molar-refractivity contribution in [2.75, 3.05) is 19.6 Å². The minimum absolute atomic E-state index is 0.0322. The van der Waals surface area contributed by atoms with E-state index in [-0.39, 0.29) is 11.7 Å². The Bertz CT molecular complexity index is 420. The Morgan fingerprint density at radius 3 is 3.00 bits per heavy atom. The standard InChI is InChI=1S/C14H20N2O2/c1-10-6-7-15-8-11(10)9-16-14(18)12-4-2-3-5-13(12)17/h2-5,10-11,15,17H,6-9H2,1H3,(H,16,18). The van der Waals surface area contributed by atoms with Crippen LogP contribution in [0.2, 0.25) is 0 Å². The molecule has 3 N–H and O–H groups in total. The lowest BCUT2D eigenvalue weighted by Crippen LogP contribution is -2.42. The molecule has 1 amide bonds. The molecule has 0 bridgehead atoms. The third-order valence-electron chi connectivity index (χ3n) is 3.66. The summed E-state index contributed by atoms with van der Waals surface area (Å²) in [5, 5.41) is 15.8. The Kier molecular flexibility index (Phi) is 4.20. The zero-order valence-corrected chi connectivity index (χ0v) is 10.6. The van der Waals surface area contributed by atoms with E-state index in [9.17, 15) is 9.90 Å². The number of carbonyl (C=O) groups excluding carboxylic acids is 1. The van der Waals surface area contributed by atoms with Crippen molar-refractivity contribution in [1.82, 2.24) is 10.6 Å². The summed E-state index contributed by atoms with van der Waals surface area (Å²) in [6.45, 7) is 4.88. The van der Waals surface area contributed by atoms with E-state index in [0.717, 1.165) is 19.5 Å². The number of piperidine rings is 1. The SMILES string of the molecule is CC1CCNCC1CNC(=O)c1ccccc1O. The fourth-order valence-electron chi connectivity index (χ4n) is 2.31. The van der Waals surface area contributed by atoms with Gasteiger partial charge >= 0.3 is 0 Å². The average molecular weight is 248 g/mol. The lowest BCUT2D eigenvalue weighted by atomic mass is 9.88. The second-order valence-electron chi connectivity index (χ2n) is 4.96. The summed E-state index contributed by atoms with van der Waals surface area (Å²) < 4.78 is 0. The van der Waals surface area contributed by atoms with Gasteiger partial charge in [-0.05, 0) is 43.5 Å². The van der Waals surface area contributed by atoms with Gasteiger partial charge in [0.25, 0.3) is 5.91 Å². The van der Waals surface area contributed by atoms with Gasteiger partial charge in [-0.1, -0.05) is 19.1 Å². The van der Waals surface area contributed by atoms with Gasteiger partial charge in [0.15, 0.2) is 0 Å². The molecular weight excluding hydrogens is 228 g/mol. The Balaban J connectivity index is 1.90. The van der Waals surface area contributed by atoms with Gasteiger partial charge in [-0.3, -0.25) is 4.79 Å². The van der Waals surface area contributed by atoms with Crippen molar-refractivity contribution in [1.29, 1.82) is 0 Å². The first-order chi connectivity index (χ1) is 8.68. The molecule has 1 fully saturated rings. The highest BCUT2D eigenvalue weighted by Gasteiger charge is 2.21. The number of phenols is 1. The predicted molar refractivity (Wildman–Crippen MR) is 70.6 cm³/mol. The molecule has 1 aromatic rings. The summed E-state index contributed by atoms with van der Waals surface area (Å²) in [6, 6.07) is 6.62. The van der Waals surface area contributed by atoms with E-state index in [4.69, 9.17) is 0 Å². The van der Waals surface area contributed by atoms with Crippen molar-refractivity contribution in [3.8, 4) is 5.75 Å². The monoisotopic (exact) mass is 248 g/mol. The van der Waals surface area contributed by atoms with Gasteiger partial charge < -0.3 is 15.7 Å². The Labute approximate surface area is 107 Å². The van der Waals surface area contributed by atoms with Crippen LogP contribution in [0.4, 0.5) is 0 Å². The van der Waals surface area contributed by atoms with Crippen molar-refractivity contribution < 1.29 is 9.90 Å². The molecule has 0 spiro atoms. The normalized spacial score (nSPS) is 23.6. The van der Waals surface area contributed by atoms with E-state index in [2.05, 4.69) is 17.6 Å². The lowest BCUT2D eigenvalue weighted by Gasteiger charge is -2.29. The zero-order chi connectivity index (χ0) is 13.0. The molecule has 2 rings (SSSR count). The minimum atomic E-state index is -0.203. The number of phenolic OH excluding ortho intramolecular Hbond substituents is 1. The van der Waals surface area contributed by atoms with Crippen LogP contribution < -0.4 is 10.6 Å². The number of hydrogen-bond donors (Lipinski definition) is 3. The first kappa shape index (κ1) is 12.9. The van der Waals surface area contributed by atoms with Gasteiger partial charge in [0, 0.05) is 6.54 Å². The van der Waals surface area contributed by atoms with Crippen LogP contribution in [0.5, 0.6) is 5.75 Å². The molecule has 4 heteroatoms. The van der Waals surface area contributed by atoms with Crippen LogP contribution in [0.25, 0.3) is 0 Å². The second-order valence-corrected chi connectivity index (χ2v) is 4.96. The number of hydrogen-bond acceptors (Lipinski definition) is 3. The summed E-state index contributed by atoms with van der Waals surface area (Å²) in [4.78, 5) is 11.9. The molecule has 1 heterocycles. The molecule has 1 aliphatic heterocycles. The molecule has 1 aliphatic rings. The van der Waals surface area contributed by atoms with Gasteiger partial charge in [0.05, 0.1) is 5.56 Å². The number of amides is 1. The predicted octanol–water partition coefficient (Wildman–Crippen LogP) is 1.37. The van der Waals surface area contributed by atoms with E-state index in [0.29, 0.717) is 23.9 Å². The van der Waals surface area contributed by atoms with E-state index in [1.807, 2.05) is 0 Å². The van der Waals surface area contributed by atoms with Crippen LogP contribution in [0.1, 0.15) is 23.7 Å². The maximum atomic E-state index is 11.9. The molecule has 0 saturated carbocycles. The second kappa shape index (κ2) is 5.87. The van der Waals surface area contributed by atoms with Crippen LogP contribution in [-0.2, 0) is 0 Å². The maximum absolute atomic E-state index is 11.9. The van der Waals surface area contributed by atoms with Crippen LogP contribution >= 0.6 is 0 Å². The molecule has 0 aliphatic carbocycles. The molecule has 0 radical (unpaired) electrons. The van der Waals surface area contributed by atoms with Crippen molar-refractivity contribution in [3.05, 3.63) is 29.8 Å². The number of para-hydroxylation sites is 1. The Morgan fingerprint density at radius 2 is 2.28 bits per heavy atom. The maximum Gasteiger partial charge on any atom is 0.255 e. The van der Waals surface area contributed by atoms with Crippen molar-refractivity contribution in [2.24, 2.45) is 11.8 Å². The van der Waals surface area contributed by atoms with Crippen LogP contribution in [0.15, 0.2) is 24.3 Å². The fourth-order valence-corrected chi connectivity index (χ4v) is 2.31. The largest absolute Gasteiger partial charge is 0.507 e. The van der Waals surface area contributed by atoms with Gasteiger partial charge in [-0.15, -0.1) is 0 Å². The summed E-state index contributed by atoms with van der Waals surface area (Å²) in [7, 11) is 0. The molecule has 2 unspecified atom stereocenters. The van der Waals surface area contributed by atoms with Crippen LogP contribution in [0, 0.1) is 11.8 Å². The van der Waals surface area contributed by atoms with E-state index >= 15 is 0 Å². The van der Waals surface area contributed by atoms with E-state index < -0.39 is 0 Å². The molecule has 98 valence electrons. The highest BCUT2D eigenvalue weighted by Crippen LogP contribution is 2.18. The Hall–Kier alpha value is -1.55. The van der Waals surface area contributed by atoms with Crippen LogP contribution in [0.3, 0.4) is 0 Å². The lowest BCUT2D eigenvalue weighted by molar-refractivity contribution is 0.0936. The number of rotatable bonds is 3. The van der Waals surface area contributed by atoms with Gasteiger partial charge in [0.2, 0.25) is 0 Å². The summed E-state index contributed by atoms with van der Waals surface area (Å²) in [5.41, 5.74) is 0.342. The first-order valence-corrected chi connectivity index (χ1v) is 6.45. The highest BCUT2D eigenvalue weighted by atomic mass is 16.3. The smallest absolute Gasteiger partial charge is 0.255 e. The van der Waals surface area contributed by atoms with Gasteiger partial charge in [0.1, 0.15) is 5.75 Å². The first-order valence-electron chi connectivity index (χ1n) is 6.45. The molecule has 2 atom stereocenters. The third-order valence-corrected chi connectivity index (χ3v) is 3.66. The number of aromatic hydroxyl groups is 1. The van der Waals surface area contributed by atoms with Crippen molar-refractivity contribution >= 4 is 5.91 Å². The molecule has 1 aromatic carbocycles. The number of carbonyl (C=O) groups is 1.